The lowest BCUT2D eigenvalue weighted by molar-refractivity contribution is -0.393. The molecule has 22 nitrogen and oxygen atoms in total. The summed E-state index contributed by atoms with van der Waals surface area (Å²) in [4.78, 5) is 0. The van der Waals surface area contributed by atoms with E-state index >= 15 is 0 Å². The average Bonchev–Trinajstić information content (AvgIpc) is 3.84. The summed E-state index contributed by atoms with van der Waals surface area (Å²) in [6, 6.07) is 0. The second-order valence-corrected chi connectivity index (χ2v) is 24.0. The van der Waals surface area contributed by atoms with Crippen LogP contribution in [0.4, 0.5) is 0 Å². The Bertz CT molecular complexity index is 1920. The quantitative estimate of drug-likeness (QED) is 0.0846. The molecular weight excluding hydrogens is 977 g/mol. The number of fused-ring (bicyclic) bond motifs is 7. The van der Waals surface area contributed by atoms with E-state index in [0.717, 1.165) is 32.1 Å². The molecule has 0 aromatic rings. The van der Waals surface area contributed by atoms with Crippen molar-refractivity contribution in [3.05, 3.63) is 11.6 Å². The van der Waals surface area contributed by atoms with Crippen molar-refractivity contribution in [1.29, 1.82) is 0 Å². The van der Waals surface area contributed by atoms with Crippen molar-refractivity contribution >= 4 is 0 Å². The second kappa shape index (κ2) is 22.4. The van der Waals surface area contributed by atoms with Crippen LogP contribution in [0, 0.1) is 46.3 Å². The van der Waals surface area contributed by atoms with Crippen molar-refractivity contribution in [3.8, 4) is 0 Å². The third-order valence-corrected chi connectivity index (χ3v) is 19.8. The normalized spacial score (nSPS) is 54.9. The smallest absolute Gasteiger partial charge is 0.187 e. The van der Waals surface area contributed by atoms with Crippen LogP contribution < -0.4 is 0 Å². The number of methoxy groups -OCH3 is 1. The van der Waals surface area contributed by atoms with Crippen LogP contribution in [0.1, 0.15) is 99.3 Å². The van der Waals surface area contributed by atoms with Gasteiger partial charge in [-0.25, -0.2) is 0 Å². The Hall–Kier alpha value is -1.14. The van der Waals surface area contributed by atoms with E-state index in [1.54, 1.807) is 7.11 Å². The minimum Gasteiger partial charge on any atom is -0.394 e. The Morgan fingerprint density at radius 3 is 1.85 bits per heavy atom. The molecule has 5 heterocycles. The maximum Gasteiger partial charge on any atom is 0.187 e. The lowest BCUT2D eigenvalue weighted by atomic mass is 9.47. The standard InChI is InChI=1S/C52H86O22/c1-21(20-66-46-41(62)40(61)36(57)31(18-53)70-46)10-15-52(65-7)22(2)33-30(74-52)17-29-27-9-8-25-16-26(11-13-50(25,5)28(27)12-14-51(29,33)6)69-49-45(73-48-43(64)39(60)35(56)24(4)68-48)44(37(58)32(19-54)71-49)72-47-42(63)38(59)34(55)23(3)67-47/h8,21-24,26-49,53-64H,9-20H2,1-7H3. The predicted molar refractivity (Wildman–Crippen MR) is 254 cm³/mol. The molecule has 0 aromatic carbocycles. The van der Waals surface area contributed by atoms with Crippen LogP contribution in [-0.2, 0) is 47.4 Å². The molecule has 8 fully saturated rings. The summed E-state index contributed by atoms with van der Waals surface area (Å²) < 4.78 is 61.9. The number of aliphatic hydroxyl groups excluding tert-OH is 12. The van der Waals surface area contributed by atoms with Crippen LogP contribution >= 0.6 is 0 Å². The molecule has 31 atom stereocenters. The minimum atomic E-state index is -1.77. The first kappa shape index (κ1) is 57.5. The fourth-order valence-corrected chi connectivity index (χ4v) is 15.2. The minimum absolute atomic E-state index is 0.00261. The van der Waals surface area contributed by atoms with Crippen LogP contribution in [0.15, 0.2) is 11.6 Å². The van der Waals surface area contributed by atoms with Crippen LogP contribution in [0.3, 0.4) is 0 Å². The van der Waals surface area contributed by atoms with Crippen molar-refractivity contribution in [2.75, 3.05) is 26.9 Å². The molecule has 74 heavy (non-hydrogen) atoms. The van der Waals surface area contributed by atoms with Gasteiger partial charge in [-0.05, 0) is 106 Å². The first-order chi connectivity index (χ1) is 35.0. The van der Waals surface area contributed by atoms with Gasteiger partial charge in [0, 0.05) is 19.4 Å². The van der Waals surface area contributed by atoms with Gasteiger partial charge < -0.3 is 109 Å². The molecule has 9 rings (SSSR count). The number of aliphatic hydroxyl groups is 12. The zero-order chi connectivity index (χ0) is 53.5. The molecule has 0 amide bonds. The van der Waals surface area contributed by atoms with Gasteiger partial charge in [-0.1, -0.05) is 39.3 Å². The Labute approximate surface area is 432 Å². The van der Waals surface area contributed by atoms with Gasteiger partial charge >= 0.3 is 0 Å². The number of hydrogen-bond donors (Lipinski definition) is 12. The lowest BCUT2D eigenvalue weighted by Gasteiger charge is -2.58. The molecule has 426 valence electrons. The van der Waals surface area contributed by atoms with Crippen LogP contribution in [-0.4, -0.2) is 229 Å². The molecule has 12 N–H and O–H groups in total. The molecule has 4 aliphatic carbocycles. The Balaban J connectivity index is 0.868. The molecule has 0 radical (unpaired) electrons. The van der Waals surface area contributed by atoms with Crippen LogP contribution in [0.2, 0.25) is 0 Å². The van der Waals surface area contributed by atoms with Gasteiger partial charge in [0.2, 0.25) is 0 Å². The highest BCUT2D eigenvalue weighted by Gasteiger charge is 2.68. The number of allylic oxidation sites excluding steroid dienone is 1. The van der Waals surface area contributed by atoms with E-state index in [4.69, 9.17) is 47.4 Å². The van der Waals surface area contributed by atoms with Crippen LogP contribution in [0.25, 0.3) is 0 Å². The molecule has 5 aliphatic heterocycles. The van der Waals surface area contributed by atoms with E-state index in [2.05, 4.69) is 26.8 Å². The van der Waals surface area contributed by atoms with Crippen molar-refractivity contribution in [2.24, 2.45) is 46.3 Å². The molecule has 0 aromatic heterocycles. The zero-order valence-corrected chi connectivity index (χ0v) is 43.7. The monoisotopic (exact) mass is 1060 g/mol. The SMILES string of the molecule is COC1(CCC(C)COC2OC(CO)C(O)C(O)C2O)OC2CC3C4CC=C5CC(OC6OC(CO)C(O)C(OC7OC(C)C(O)C(O)C7O)C6OC6OC(C)C(O)C(O)C6O)CCC5(C)C4CCC3(C)C2C1C. The van der Waals surface area contributed by atoms with Crippen molar-refractivity contribution < 1.29 is 109 Å². The van der Waals surface area contributed by atoms with E-state index in [9.17, 15) is 61.3 Å². The highest BCUT2D eigenvalue weighted by molar-refractivity contribution is 5.26. The molecular formula is C52H86O22. The number of ether oxygens (including phenoxy) is 10. The molecule has 5 saturated heterocycles. The Morgan fingerprint density at radius 2 is 1.23 bits per heavy atom. The molecule has 9 aliphatic rings. The average molecular weight is 1060 g/mol. The molecule has 31 unspecified atom stereocenters. The fraction of sp³-hybridized carbons (Fsp3) is 0.962. The fourth-order valence-electron chi connectivity index (χ4n) is 15.2. The van der Waals surface area contributed by atoms with Gasteiger partial charge in [0.25, 0.3) is 0 Å². The van der Waals surface area contributed by atoms with Gasteiger partial charge in [-0.3, -0.25) is 0 Å². The van der Waals surface area contributed by atoms with E-state index in [1.165, 1.54) is 19.4 Å². The summed E-state index contributed by atoms with van der Waals surface area (Å²) in [5.41, 5.74) is 1.17. The Kier molecular flexibility index (Phi) is 17.4. The summed E-state index contributed by atoms with van der Waals surface area (Å²) in [7, 11) is 1.72. The second-order valence-electron chi connectivity index (χ2n) is 24.0. The van der Waals surface area contributed by atoms with Crippen molar-refractivity contribution in [3.63, 3.8) is 0 Å². The summed E-state index contributed by atoms with van der Waals surface area (Å²) in [6.45, 7) is 11.1. The topological polar surface area (TPSA) is 335 Å². The third kappa shape index (κ3) is 10.1. The number of hydrogen-bond acceptors (Lipinski definition) is 22. The van der Waals surface area contributed by atoms with Gasteiger partial charge in [-0.2, -0.15) is 0 Å². The summed E-state index contributed by atoms with van der Waals surface area (Å²) >= 11 is 0. The maximum atomic E-state index is 11.6. The molecule has 22 heteroatoms. The molecule has 0 spiro atoms. The van der Waals surface area contributed by atoms with Gasteiger partial charge in [0.15, 0.2) is 30.9 Å². The number of rotatable bonds is 15. The highest BCUT2D eigenvalue weighted by atomic mass is 16.8. The summed E-state index contributed by atoms with van der Waals surface area (Å²) in [5.74, 6) is 0.851. The first-order valence-corrected chi connectivity index (χ1v) is 27.2. The lowest BCUT2D eigenvalue weighted by Crippen LogP contribution is -2.67. The third-order valence-electron chi connectivity index (χ3n) is 19.8. The van der Waals surface area contributed by atoms with Crippen molar-refractivity contribution in [1.82, 2.24) is 0 Å². The molecule has 0 bridgehead atoms. The zero-order valence-electron chi connectivity index (χ0n) is 43.7. The first-order valence-electron chi connectivity index (χ1n) is 27.2. The largest absolute Gasteiger partial charge is 0.394 e. The van der Waals surface area contributed by atoms with Gasteiger partial charge in [0.05, 0.1) is 44.2 Å². The van der Waals surface area contributed by atoms with E-state index in [1.807, 2.05) is 6.92 Å². The summed E-state index contributed by atoms with van der Waals surface area (Å²) in [5, 5.41) is 127. The van der Waals surface area contributed by atoms with E-state index in [0.29, 0.717) is 43.4 Å². The van der Waals surface area contributed by atoms with Crippen LogP contribution in [0.5, 0.6) is 0 Å². The Morgan fingerprint density at radius 1 is 0.649 bits per heavy atom. The van der Waals surface area contributed by atoms with E-state index < -0.39 is 148 Å². The maximum absolute atomic E-state index is 11.6. The molecule has 3 saturated carbocycles. The van der Waals surface area contributed by atoms with Gasteiger partial charge in [-0.15, -0.1) is 0 Å². The van der Waals surface area contributed by atoms with Gasteiger partial charge in [0.1, 0.15) is 85.5 Å². The highest BCUT2D eigenvalue weighted by Crippen LogP contribution is 2.70. The van der Waals surface area contributed by atoms with Crippen molar-refractivity contribution in [2.45, 2.75) is 240 Å². The summed E-state index contributed by atoms with van der Waals surface area (Å²) in [6.07, 6.45) is -19.7. The predicted octanol–water partition coefficient (Wildman–Crippen LogP) is -1.33. The van der Waals surface area contributed by atoms with E-state index in [-0.39, 0.29) is 41.3 Å².